The summed E-state index contributed by atoms with van der Waals surface area (Å²) >= 11 is 0. The summed E-state index contributed by atoms with van der Waals surface area (Å²) in [5, 5.41) is 0. The lowest BCUT2D eigenvalue weighted by Gasteiger charge is -2.44. The van der Waals surface area contributed by atoms with E-state index in [1.807, 2.05) is 0 Å². The second kappa shape index (κ2) is 20.4. The van der Waals surface area contributed by atoms with Gasteiger partial charge in [0.1, 0.15) is 0 Å². The van der Waals surface area contributed by atoms with E-state index in [1.165, 1.54) is 128 Å². The molecule has 0 N–H and O–H groups in total. The van der Waals surface area contributed by atoms with E-state index in [0.29, 0.717) is 0 Å². The Labute approximate surface area is 474 Å². The molecule has 0 saturated carbocycles. The Balaban J connectivity index is 0.882. The molecule has 0 aromatic heterocycles. The van der Waals surface area contributed by atoms with Crippen LogP contribution >= 0.6 is 0 Å². The highest BCUT2D eigenvalue weighted by atomic mass is 15.2. The highest BCUT2D eigenvalue weighted by Gasteiger charge is 2.43. The Hall–Kier alpha value is -10.5. The van der Waals surface area contributed by atoms with Crippen molar-refractivity contribution in [3.8, 4) is 89.0 Å². The fraction of sp³-hybridized carbons (Fsp3) is 0. The Morgan fingerprint density at radius 1 is 0.173 bits per heavy atom. The summed E-state index contributed by atoms with van der Waals surface area (Å²) in [6, 6.07) is 118. The zero-order chi connectivity index (χ0) is 53.6. The quantitative estimate of drug-likeness (QED) is 0.126. The zero-order valence-electron chi connectivity index (χ0n) is 44.6. The summed E-state index contributed by atoms with van der Waals surface area (Å²) < 4.78 is 0. The van der Waals surface area contributed by atoms with Gasteiger partial charge in [-0.2, -0.15) is 0 Å². The fourth-order valence-corrected chi connectivity index (χ4v) is 12.4. The Kier molecular flexibility index (Phi) is 12.0. The third kappa shape index (κ3) is 8.83. The highest BCUT2D eigenvalue weighted by Crippen LogP contribution is 2.46. The van der Waals surface area contributed by atoms with Crippen LogP contribution in [-0.2, 0) is 0 Å². The molecule has 378 valence electrons. The predicted octanol–water partition coefficient (Wildman–Crippen LogP) is 19.1. The highest BCUT2D eigenvalue weighted by molar-refractivity contribution is 7.00. The topological polar surface area (TPSA) is 6.48 Å². The molecule has 0 unspecified atom stereocenters. The van der Waals surface area contributed by atoms with Crippen molar-refractivity contribution in [2.75, 3.05) is 9.80 Å². The molecule has 2 heterocycles. The lowest BCUT2D eigenvalue weighted by molar-refractivity contribution is 1.25. The first-order chi connectivity index (χ1) is 40.1. The number of nitrogens with zero attached hydrogens (tertiary/aromatic N) is 2. The maximum absolute atomic E-state index is 2.51. The zero-order valence-corrected chi connectivity index (χ0v) is 44.6. The molecule has 2 aliphatic rings. The first-order valence-electron chi connectivity index (χ1n) is 28.0. The van der Waals surface area contributed by atoms with Crippen molar-refractivity contribution in [3.05, 3.63) is 322 Å². The fourth-order valence-electron chi connectivity index (χ4n) is 12.4. The predicted molar refractivity (Wildman–Crippen MR) is 344 cm³/mol. The van der Waals surface area contributed by atoms with Gasteiger partial charge >= 0.3 is 0 Å². The van der Waals surface area contributed by atoms with Crippen LogP contribution in [0.4, 0.5) is 34.1 Å². The smallest absolute Gasteiger partial charge is 0.252 e. The second-order valence-corrected chi connectivity index (χ2v) is 21.2. The second-order valence-electron chi connectivity index (χ2n) is 21.2. The maximum atomic E-state index is 2.51. The van der Waals surface area contributed by atoms with E-state index in [9.17, 15) is 0 Å². The normalized spacial score (nSPS) is 12.1. The van der Waals surface area contributed by atoms with Crippen molar-refractivity contribution in [1.29, 1.82) is 0 Å². The lowest BCUT2D eigenvalue weighted by atomic mass is 9.33. The Morgan fingerprint density at radius 2 is 0.395 bits per heavy atom. The van der Waals surface area contributed by atoms with Crippen LogP contribution in [0.25, 0.3) is 89.0 Å². The van der Waals surface area contributed by atoms with Crippen LogP contribution in [0.2, 0.25) is 0 Å². The van der Waals surface area contributed by atoms with Gasteiger partial charge < -0.3 is 9.80 Å². The van der Waals surface area contributed by atoms with Crippen molar-refractivity contribution in [2.24, 2.45) is 0 Å². The molecule has 0 amide bonds. The van der Waals surface area contributed by atoms with Gasteiger partial charge in [0.05, 0.1) is 0 Å². The molecule has 13 aromatic carbocycles. The number of hydrogen-bond acceptors (Lipinski definition) is 2. The average molecular weight is 1030 g/mol. The minimum atomic E-state index is -0.0782. The minimum absolute atomic E-state index is 0.0782. The molecule has 0 bridgehead atoms. The number of anilines is 6. The summed E-state index contributed by atoms with van der Waals surface area (Å²) in [5.74, 6) is 0. The number of benzene rings is 13. The maximum Gasteiger partial charge on any atom is 0.252 e. The van der Waals surface area contributed by atoms with Gasteiger partial charge in [-0.3, -0.25) is 0 Å². The van der Waals surface area contributed by atoms with Crippen molar-refractivity contribution in [1.82, 2.24) is 0 Å². The molecule has 13 aromatic rings. The van der Waals surface area contributed by atoms with E-state index >= 15 is 0 Å². The monoisotopic (exact) mass is 1030 g/mol. The molecule has 2 aliphatic heterocycles. The van der Waals surface area contributed by atoms with E-state index < -0.39 is 0 Å². The van der Waals surface area contributed by atoms with Crippen LogP contribution in [0.1, 0.15) is 0 Å². The van der Waals surface area contributed by atoms with Gasteiger partial charge in [0.25, 0.3) is 6.71 Å². The molecule has 3 heteroatoms. The molecule has 0 radical (unpaired) electrons. The summed E-state index contributed by atoms with van der Waals surface area (Å²) in [5.41, 5.74) is 29.9. The van der Waals surface area contributed by atoms with Crippen LogP contribution in [0.3, 0.4) is 0 Å². The van der Waals surface area contributed by atoms with Gasteiger partial charge in [0.15, 0.2) is 0 Å². The van der Waals surface area contributed by atoms with Crippen LogP contribution in [0.15, 0.2) is 322 Å². The molecule has 0 saturated heterocycles. The molecule has 0 atom stereocenters. The Morgan fingerprint density at radius 3 is 0.667 bits per heavy atom. The van der Waals surface area contributed by atoms with Gasteiger partial charge in [-0.05, 0) is 154 Å². The van der Waals surface area contributed by atoms with E-state index in [2.05, 4.69) is 331 Å². The number of hydrogen-bond donors (Lipinski definition) is 0. The minimum Gasteiger partial charge on any atom is -0.311 e. The molecule has 81 heavy (non-hydrogen) atoms. The molecule has 15 rings (SSSR count). The first-order valence-corrected chi connectivity index (χ1v) is 28.0. The largest absolute Gasteiger partial charge is 0.311 e. The molecular weight excluding hydrogens is 976 g/mol. The van der Waals surface area contributed by atoms with Gasteiger partial charge in [0.2, 0.25) is 0 Å². The van der Waals surface area contributed by atoms with Crippen molar-refractivity contribution in [3.63, 3.8) is 0 Å². The van der Waals surface area contributed by atoms with Crippen LogP contribution in [0, 0.1) is 0 Å². The van der Waals surface area contributed by atoms with Crippen molar-refractivity contribution < 1.29 is 0 Å². The van der Waals surface area contributed by atoms with E-state index in [-0.39, 0.29) is 6.71 Å². The summed E-state index contributed by atoms with van der Waals surface area (Å²) in [7, 11) is 0. The summed E-state index contributed by atoms with van der Waals surface area (Å²) in [6.45, 7) is -0.0782. The van der Waals surface area contributed by atoms with E-state index in [0.717, 1.165) is 11.4 Å². The summed E-state index contributed by atoms with van der Waals surface area (Å²) in [6.07, 6.45) is 0. The molecular formula is C78H53BN2. The van der Waals surface area contributed by atoms with E-state index in [1.54, 1.807) is 0 Å². The van der Waals surface area contributed by atoms with Crippen LogP contribution in [-0.4, -0.2) is 6.71 Å². The van der Waals surface area contributed by atoms with Crippen molar-refractivity contribution >= 4 is 57.2 Å². The third-order valence-electron chi connectivity index (χ3n) is 16.5. The van der Waals surface area contributed by atoms with E-state index in [4.69, 9.17) is 0 Å². The summed E-state index contributed by atoms with van der Waals surface area (Å²) in [4.78, 5) is 5.01. The Bertz CT molecular complexity index is 4090. The molecule has 0 aliphatic carbocycles. The number of rotatable bonds is 10. The van der Waals surface area contributed by atoms with Gasteiger partial charge in [0, 0.05) is 34.1 Å². The molecule has 2 nitrogen and oxygen atoms in total. The first kappa shape index (κ1) is 47.7. The van der Waals surface area contributed by atoms with Gasteiger partial charge in [-0.1, -0.05) is 273 Å². The SMILES string of the molecule is c1ccc(-c2ccc(-c3ccc(N4c5ccc(-c6ccc(-c7ccccc7)cc6)cc5B5c6cc(-c7ccc(-c8ccccc8)cc7)ccc6N(c6ccc(-c7ccc(-c8ccccc8)cc7)cc6)c6cccc4c65)cc3)cc2)cc1. The molecule has 0 spiro atoms. The van der Waals surface area contributed by atoms with Crippen LogP contribution in [0.5, 0.6) is 0 Å². The third-order valence-corrected chi connectivity index (χ3v) is 16.5. The standard InChI is InChI=1S/C78H53BN2/c1-5-14-54(15-6-1)58-24-28-62(29-25-58)64-40-46-70(47-41-64)80-74-50-44-68(66-36-32-60(33-37-66)56-18-9-3-10-19-56)52-72(74)79-73-53-69(67-38-34-61(35-39-67)57-20-11-4-12-21-57)45-51-75(73)81(77-23-13-22-76(80)78(77)79)71-48-42-65(43-49-71)63-30-26-59(27-31-63)55-16-7-2-8-17-55/h1-53H. The van der Waals surface area contributed by atoms with Gasteiger partial charge in [-0.25, -0.2) is 0 Å². The van der Waals surface area contributed by atoms with Gasteiger partial charge in [-0.15, -0.1) is 0 Å². The van der Waals surface area contributed by atoms with Crippen molar-refractivity contribution in [2.45, 2.75) is 0 Å². The lowest BCUT2D eigenvalue weighted by Crippen LogP contribution is -2.61. The van der Waals surface area contributed by atoms with Crippen LogP contribution < -0.4 is 26.2 Å². The number of fused-ring (bicyclic) bond motifs is 4. The average Bonchev–Trinajstić information content (AvgIpc) is 3.73. The molecule has 0 fully saturated rings.